The molecule has 0 spiro atoms. The number of ether oxygens (including phenoxy) is 1. The molecule has 4 nitrogen and oxygen atoms in total. The van der Waals surface area contributed by atoms with Crippen LogP contribution in [0.4, 0.5) is 0 Å². The van der Waals surface area contributed by atoms with Crippen LogP contribution in [0.1, 0.15) is 11.7 Å². The average Bonchev–Trinajstić information content (AvgIpc) is 2.81. The number of rotatable bonds is 4. The van der Waals surface area contributed by atoms with Crippen molar-refractivity contribution in [2.75, 3.05) is 13.7 Å². The monoisotopic (exact) mass is 217 g/mol. The third-order valence-electron chi connectivity index (χ3n) is 2.49. The summed E-state index contributed by atoms with van der Waals surface area (Å²) in [4.78, 5) is 0. The van der Waals surface area contributed by atoms with Gasteiger partial charge in [-0.2, -0.15) is 5.10 Å². The molecule has 0 amide bonds. The highest BCUT2D eigenvalue weighted by Gasteiger charge is 2.10. The molecule has 2 N–H and O–H groups in total. The van der Waals surface area contributed by atoms with Crippen LogP contribution in [0.15, 0.2) is 42.7 Å². The Kier molecular flexibility index (Phi) is 3.34. The summed E-state index contributed by atoms with van der Waals surface area (Å²) in [5.74, 6) is 0. The predicted octanol–water partition coefficient (Wildman–Crippen LogP) is 1.52. The SMILES string of the molecule is COC(CN)c1cnn(-c2ccccc2)c1. The molecule has 84 valence electrons. The Morgan fingerprint density at radius 2 is 2.12 bits per heavy atom. The zero-order chi connectivity index (χ0) is 11.4. The molecule has 1 aromatic heterocycles. The van der Waals surface area contributed by atoms with Gasteiger partial charge in [-0.05, 0) is 12.1 Å². The average molecular weight is 217 g/mol. The van der Waals surface area contributed by atoms with E-state index in [2.05, 4.69) is 5.10 Å². The maximum atomic E-state index is 5.60. The van der Waals surface area contributed by atoms with E-state index in [4.69, 9.17) is 10.5 Å². The molecule has 0 fully saturated rings. The Hall–Kier alpha value is -1.65. The van der Waals surface area contributed by atoms with E-state index in [-0.39, 0.29) is 6.10 Å². The van der Waals surface area contributed by atoms with Gasteiger partial charge in [0.1, 0.15) is 0 Å². The van der Waals surface area contributed by atoms with Crippen molar-refractivity contribution in [3.05, 3.63) is 48.3 Å². The molecule has 0 bridgehead atoms. The maximum absolute atomic E-state index is 5.60. The number of nitrogens with zero attached hydrogens (tertiary/aromatic N) is 2. The van der Waals surface area contributed by atoms with Crippen LogP contribution in [0.3, 0.4) is 0 Å². The van der Waals surface area contributed by atoms with Crippen molar-refractivity contribution in [3.63, 3.8) is 0 Å². The van der Waals surface area contributed by atoms with Crippen molar-refractivity contribution >= 4 is 0 Å². The molecule has 0 aliphatic rings. The molecule has 0 saturated carbocycles. The van der Waals surface area contributed by atoms with Crippen LogP contribution < -0.4 is 5.73 Å². The summed E-state index contributed by atoms with van der Waals surface area (Å²) in [6, 6.07) is 9.94. The fourth-order valence-electron chi connectivity index (χ4n) is 1.59. The van der Waals surface area contributed by atoms with Gasteiger partial charge >= 0.3 is 0 Å². The van der Waals surface area contributed by atoms with Gasteiger partial charge in [0, 0.05) is 25.4 Å². The zero-order valence-corrected chi connectivity index (χ0v) is 9.21. The van der Waals surface area contributed by atoms with E-state index >= 15 is 0 Å². The summed E-state index contributed by atoms with van der Waals surface area (Å²) in [7, 11) is 1.65. The van der Waals surface area contributed by atoms with E-state index < -0.39 is 0 Å². The van der Waals surface area contributed by atoms with Gasteiger partial charge in [0.15, 0.2) is 0 Å². The minimum Gasteiger partial charge on any atom is -0.375 e. The molecule has 1 heterocycles. The first kappa shape index (κ1) is 10.9. The van der Waals surface area contributed by atoms with Crippen LogP contribution in [0, 0.1) is 0 Å². The summed E-state index contributed by atoms with van der Waals surface area (Å²) in [5.41, 5.74) is 7.62. The van der Waals surface area contributed by atoms with Crippen LogP contribution in [-0.4, -0.2) is 23.4 Å². The summed E-state index contributed by atoms with van der Waals surface area (Å²) in [5, 5.41) is 4.28. The van der Waals surface area contributed by atoms with Crippen LogP contribution >= 0.6 is 0 Å². The largest absolute Gasteiger partial charge is 0.375 e. The van der Waals surface area contributed by atoms with Crippen molar-refractivity contribution in [1.29, 1.82) is 0 Å². The summed E-state index contributed by atoms with van der Waals surface area (Å²) in [6.45, 7) is 0.455. The predicted molar refractivity (Wildman–Crippen MR) is 62.4 cm³/mol. The third-order valence-corrected chi connectivity index (χ3v) is 2.49. The normalized spacial score (nSPS) is 12.6. The highest BCUT2D eigenvalue weighted by Crippen LogP contribution is 2.16. The number of benzene rings is 1. The van der Waals surface area contributed by atoms with Gasteiger partial charge in [-0.3, -0.25) is 0 Å². The molecule has 0 aliphatic heterocycles. The molecular weight excluding hydrogens is 202 g/mol. The lowest BCUT2D eigenvalue weighted by Crippen LogP contribution is -2.13. The smallest absolute Gasteiger partial charge is 0.0973 e. The van der Waals surface area contributed by atoms with Gasteiger partial charge in [0.25, 0.3) is 0 Å². The highest BCUT2D eigenvalue weighted by molar-refractivity contribution is 5.31. The third kappa shape index (κ3) is 2.13. The van der Waals surface area contributed by atoms with Crippen molar-refractivity contribution in [2.24, 2.45) is 5.73 Å². The van der Waals surface area contributed by atoms with Crippen LogP contribution in [0.25, 0.3) is 5.69 Å². The number of hydrogen-bond acceptors (Lipinski definition) is 3. The fraction of sp³-hybridized carbons (Fsp3) is 0.250. The molecule has 0 radical (unpaired) electrons. The van der Waals surface area contributed by atoms with Crippen molar-refractivity contribution in [1.82, 2.24) is 9.78 Å². The van der Waals surface area contributed by atoms with Crippen LogP contribution in [0.5, 0.6) is 0 Å². The maximum Gasteiger partial charge on any atom is 0.0973 e. The first-order chi connectivity index (χ1) is 7.85. The van der Waals surface area contributed by atoms with Crippen molar-refractivity contribution in [2.45, 2.75) is 6.10 Å². The number of hydrogen-bond donors (Lipinski definition) is 1. The van der Waals surface area contributed by atoms with E-state index in [1.54, 1.807) is 13.3 Å². The Morgan fingerprint density at radius 1 is 1.38 bits per heavy atom. The molecular formula is C12H15N3O. The number of aromatic nitrogens is 2. The second-order valence-corrected chi connectivity index (χ2v) is 3.51. The van der Waals surface area contributed by atoms with E-state index in [0.717, 1.165) is 11.3 Å². The molecule has 16 heavy (non-hydrogen) atoms. The van der Waals surface area contributed by atoms with Crippen molar-refractivity contribution < 1.29 is 4.74 Å². The number of para-hydroxylation sites is 1. The standard InChI is InChI=1S/C12H15N3O/c1-16-12(7-13)10-8-14-15(9-10)11-5-3-2-4-6-11/h2-6,8-9,12H,7,13H2,1H3. The summed E-state index contributed by atoms with van der Waals surface area (Å²) >= 11 is 0. The van der Waals surface area contributed by atoms with Gasteiger partial charge < -0.3 is 10.5 Å². The lowest BCUT2D eigenvalue weighted by Gasteiger charge is -2.09. The van der Waals surface area contributed by atoms with E-state index in [0.29, 0.717) is 6.54 Å². The summed E-state index contributed by atoms with van der Waals surface area (Å²) in [6.07, 6.45) is 3.64. The van der Waals surface area contributed by atoms with Crippen LogP contribution in [-0.2, 0) is 4.74 Å². The second kappa shape index (κ2) is 4.92. The van der Waals surface area contributed by atoms with Gasteiger partial charge in [0.05, 0.1) is 18.0 Å². The Bertz CT molecular complexity index is 435. The number of methoxy groups -OCH3 is 1. The first-order valence-electron chi connectivity index (χ1n) is 5.18. The molecule has 4 heteroatoms. The van der Waals surface area contributed by atoms with Crippen molar-refractivity contribution in [3.8, 4) is 5.69 Å². The number of nitrogens with two attached hydrogens (primary N) is 1. The first-order valence-corrected chi connectivity index (χ1v) is 5.18. The zero-order valence-electron chi connectivity index (χ0n) is 9.21. The van der Waals surface area contributed by atoms with E-state index in [1.165, 1.54) is 0 Å². The van der Waals surface area contributed by atoms with Crippen LogP contribution in [0.2, 0.25) is 0 Å². The Morgan fingerprint density at radius 3 is 2.75 bits per heavy atom. The van der Waals surface area contributed by atoms with E-state index in [1.807, 2.05) is 41.2 Å². The minimum absolute atomic E-state index is 0.0857. The fourth-order valence-corrected chi connectivity index (χ4v) is 1.59. The molecule has 0 aliphatic carbocycles. The molecule has 1 aromatic carbocycles. The Labute approximate surface area is 94.6 Å². The van der Waals surface area contributed by atoms with Gasteiger partial charge in [0.2, 0.25) is 0 Å². The molecule has 0 saturated heterocycles. The van der Waals surface area contributed by atoms with Gasteiger partial charge in [-0.1, -0.05) is 18.2 Å². The van der Waals surface area contributed by atoms with Gasteiger partial charge in [-0.15, -0.1) is 0 Å². The molecule has 1 atom stereocenters. The van der Waals surface area contributed by atoms with E-state index in [9.17, 15) is 0 Å². The second-order valence-electron chi connectivity index (χ2n) is 3.51. The molecule has 2 aromatic rings. The quantitative estimate of drug-likeness (QED) is 0.844. The highest BCUT2D eigenvalue weighted by atomic mass is 16.5. The molecule has 2 rings (SSSR count). The Balaban J connectivity index is 2.26. The lowest BCUT2D eigenvalue weighted by molar-refractivity contribution is 0.110. The van der Waals surface area contributed by atoms with Gasteiger partial charge in [-0.25, -0.2) is 4.68 Å². The lowest BCUT2D eigenvalue weighted by atomic mass is 10.2. The topological polar surface area (TPSA) is 53.1 Å². The minimum atomic E-state index is -0.0857. The molecule has 1 unspecified atom stereocenters. The summed E-state index contributed by atoms with van der Waals surface area (Å²) < 4.78 is 7.07.